The lowest BCUT2D eigenvalue weighted by Gasteiger charge is -2.31. The van der Waals surface area contributed by atoms with Crippen molar-refractivity contribution >= 4 is 27.6 Å². The number of anilines is 2. The van der Waals surface area contributed by atoms with Crippen molar-refractivity contribution in [3.8, 4) is 11.4 Å². The third-order valence-electron chi connectivity index (χ3n) is 8.39. The predicted molar refractivity (Wildman–Crippen MR) is 164 cm³/mol. The summed E-state index contributed by atoms with van der Waals surface area (Å²) in [6, 6.07) is 9.36. The number of piperidine rings is 1. The maximum atomic E-state index is 13.6. The molecule has 43 heavy (non-hydrogen) atoms. The summed E-state index contributed by atoms with van der Waals surface area (Å²) in [5.41, 5.74) is 7.00. The first-order chi connectivity index (χ1) is 20.8. The van der Waals surface area contributed by atoms with Gasteiger partial charge in [0.15, 0.2) is 5.69 Å². The molecular formula is C31H36N8O3S. The van der Waals surface area contributed by atoms with Gasteiger partial charge in [-0.1, -0.05) is 32.0 Å². The highest BCUT2D eigenvalue weighted by molar-refractivity contribution is 7.89. The molecule has 0 unspecified atom stereocenters. The number of nitrogens with zero attached hydrogens (tertiary/aromatic N) is 6. The molecule has 2 aliphatic rings. The van der Waals surface area contributed by atoms with Crippen molar-refractivity contribution in [2.45, 2.75) is 63.3 Å². The van der Waals surface area contributed by atoms with Crippen LogP contribution >= 0.6 is 0 Å². The lowest BCUT2D eigenvalue weighted by Crippen LogP contribution is -2.42. The second kappa shape index (κ2) is 11.8. The van der Waals surface area contributed by atoms with Gasteiger partial charge in [0.25, 0.3) is 5.91 Å². The summed E-state index contributed by atoms with van der Waals surface area (Å²) >= 11 is 0. The number of aryl methyl sites for hydroxylation is 4. The third-order valence-corrected chi connectivity index (χ3v) is 10.3. The minimum absolute atomic E-state index is 0.0285. The average molecular weight is 601 g/mol. The molecule has 0 bridgehead atoms. The fourth-order valence-corrected chi connectivity index (χ4v) is 7.49. The Hall–Kier alpha value is -4.16. The standard InChI is InChI=1S/C31H36N8O3S/c1-4-20-8-6-9-21(5-2)26(20)35-30(40)28-25-12-11-22-18-33-31(36-27(22)29(25)38(3)37-28)34-23-13-16-39(17-14-23)43(41,42)24-10-7-15-32-19-24/h6-10,15,18-19,23H,4-5,11-14,16-17H2,1-3H3,(H,35,40)(H,33,34,36). The van der Waals surface area contributed by atoms with Gasteiger partial charge in [-0.2, -0.15) is 9.40 Å². The zero-order chi connectivity index (χ0) is 30.1. The first-order valence-corrected chi connectivity index (χ1v) is 16.2. The van der Waals surface area contributed by atoms with E-state index < -0.39 is 10.0 Å². The molecule has 1 fully saturated rings. The topological polar surface area (TPSA) is 135 Å². The predicted octanol–water partition coefficient (Wildman–Crippen LogP) is 4.01. The van der Waals surface area contributed by atoms with Gasteiger partial charge >= 0.3 is 0 Å². The van der Waals surface area contributed by atoms with Crippen LogP contribution in [0.2, 0.25) is 0 Å². The second-order valence-corrected chi connectivity index (χ2v) is 12.9. The quantitative estimate of drug-likeness (QED) is 0.310. The van der Waals surface area contributed by atoms with Crippen LogP contribution in [-0.4, -0.2) is 62.5 Å². The Morgan fingerprint density at radius 1 is 1.02 bits per heavy atom. The van der Waals surface area contributed by atoms with Crippen molar-refractivity contribution in [2.75, 3.05) is 23.7 Å². The van der Waals surface area contributed by atoms with E-state index in [-0.39, 0.29) is 16.8 Å². The Bertz CT molecular complexity index is 1740. The van der Waals surface area contributed by atoms with Crippen LogP contribution in [0.3, 0.4) is 0 Å². The first-order valence-electron chi connectivity index (χ1n) is 14.8. The van der Waals surface area contributed by atoms with Gasteiger partial charge in [0.1, 0.15) is 4.90 Å². The lowest BCUT2D eigenvalue weighted by molar-refractivity contribution is 0.102. The number of aromatic nitrogens is 5. The molecule has 0 saturated carbocycles. The summed E-state index contributed by atoms with van der Waals surface area (Å²) < 4.78 is 29.2. The molecule has 11 nitrogen and oxygen atoms in total. The molecule has 1 aliphatic carbocycles. The molecule has 12 heteroatoms. The normalized spacial score (nSPS) is 15.5. The number of rotatable bonds is 8. The zero-order valence-corrected chi connectivity index (χ0v) is 25.5. The number of para-hydroxylation sites is 1. The van der Waals surface area contributed by atoms with E-state index in [2.05, 4.69) is 39.5 Å². The molecule has 0 spiro atoms. The number of benzene rings is 1. The Balaban J connectivity index is 1.19. The lowest BCUT2D eigenvalue weighted by atomic mass is 9.93. The summed E-state index contributed by atoms with van der Waals surface area (Å²) in [5.74, 6) is 0.271. The monoisotopic (exact) mass is 600 g/mol. The van der Waals surface area contributed by atoms with E-state index in [1.807, 2.05) is 31.4 Å². The van der Waals surface area contributed by atoms with E-state index in [0.29, 0.717) is 50.4 Å². The summed E-state index contributed by atoms with van der Waals surface area (Å²) in [6.07, 6.45) is 9.07. The van der Waals surface area contributed by atoms with E-state index in [1.54, 1.807) is 23.0 Å². The second-order valence-electron chi connectivity index (χ2n) is 11.0. The molecule has 1 amide bonds. The minimum atomic E-state index is -3.57. The zero-order valence-electron chi connectivity index (χ0n) is 24.7. The highest BCUT2D eigenvalue weighted by atomic mass is 32.2. The van der Waals surface area contributed by atoms with Crippen molar-refractivity contribution in [3.05, 3.63) is 76.9 Å². The SMILES string of the molecule is CCc1cccc(CC)c1NC(=O)c1nn(C)c2c1CCc1cnc(NC3CCN(S(=O)(=O)c4cccnc4)CC3)nc1-2. The van der Waals surface area contributed by atoms with Gasteiger partial charge in [-0.3, -0.25) is 14.5 Å². The van der Waals surface area contributed by atoms with Gasteiger partial charge in [0.05, 0.1) is 11.4 Å². The van der Waals surface area contributed by atoms with Gasteiger partial charge < -0.3 is 10.6 Å². The molecule has 3 aromatic heterocycles. The van der Waals surface area contributed by atoms with Crippen LogP contribution in [-0.2, 0) is 42.8 Å². The van der Waals surface area contributed by atoms with Crippen LogP contribution < -0.4 is 10.6 Å². The van der Waals surface area contributed by atoms with E-state index in [0.717, 1.165) is 52.2 Å². The van der Waals surface area contributed by atoms with Crippen LogP contribution in [0.15, 0.2) is 53.8 Å². The molecule has 0 radical (unpaired) electrons. The third kappa shape index (κ3) is 5.52. The van der Waals surface area contributed by atoms with Crippen LogP contribution in [0, 0.1) is 0 Å². The Kier molecular flexibility index (Phi) is 7.97. The van der Waals surface area contributed by atoms with E-state index >= 15 is 0 Å². The fourth-order valence-electron chi connectivity index (χ4n) is 6.05. The maximum Gasteiger partial charge on any atom is 0.276 e. The summed E-state index contributed by atoms with van der Waals surface area (Å²) in [4.78, 5) is 27.2. The van der Waals surface area contributed by atoms with Crippen molar-refractivity contribution in [1.82, 2.24) is 29.0 Å². The summed E-state index contributed by atoms with van der Waals surface area (Å²) in [7, 11) is -1.73. The Morgan fingerprint density at radius 2 is 1.77 bits per heavy atom. The number of amides is 1. The number of carbonyl (C=O) groups excluding carboxylic acids is 1. The van der Waals surface area contributed by atoms with Crippen molar-refractivity contribution < 1.29 is 13.2 Å². The average Bonchev–Trinajstić information content (AvgIpc) is 3.38. The number of pyridine rings is 1. The maximum absolute atomic E-state index is 13.6. The molecular weight excluding hydrogens is 564 g/mol. The molecule has 2 N–H and O–H groups in total. The molecule has 4 heterocycles. The van der Waals surface area contributed by atoms with E-state index in [9.17, 15) is 13.2 Å². The fraction of sp³-hybridized carbons (Fsp3) is 0.387. The molecule has 1 aromatic carbocycles. The minimum Gasteiger partial charge on any atom is -0.351 e. The number of hydrogen-bond acceptors (Lipinski definition) is 8. The molecule has 224 valence electrons. The van der Waals surface area contributed by atoms with Crippen LogP contribution in [0.1, 0.15) is 59.4 Å². The number of fused-ring (bicyclic) bond motifs is 3. The van der Waals surface area contributed by atoms with Crippen molar-refractivity contribution in [3.63, 3.8) is 0 Å². The number of nitrogens with one attached hydrogen (secondary N) is 2. The van der Waals surface area contributed by atoms with Gasteiger partial charge in [0.2, 0.25) is 16.0 Å². The Labute approximate surface area is 251 Å². The molecule has 1 aliphatic heterocycles. The van der Waals surface area contributed by atoms with E-state index in [1.165, 1.54) is 10.5 Å². The largest absolute Gasteiger partial charge is 0.351 e. The van der Waals surface area contributed by atoms with Crippen LogP contribution in [0.25, 0.3) is 11.4 Å². The smallest absolute Gasteiger partial charge is 0.276 e. The van der Waals surface area contributed by atoms with Gasteiger partial charge in [0, 0.05) is 56.0 Å². The van der Waals surface area contributed by atoms with E-state index in [4.69, 9.17) is 4.98 Å². The van der Waals surface area contributed by atoms with Crippen molar-refractivity contribution in [2.24, 2.45) is 7.05 Å². The Morgan fingerprint density at radius 3 is 2.44 bits per heavy atom. The number of hydrogen-bond donors (Lipinski definition) is 2. The van der Waals surface area contributed by atoms with Gasteiger partial charge in [-0.05, 0) is 67.3 Å². The van der Waals surface area contributed by atoms with Crippen LogP contribution in [0.5, 0.6) is 0 Å². The highest BCUT2D eigenvalue weighted by Crippen LogP contribution is 2.35. The van der Waals surface area contributed by atoms with Crippen molar-refractivity contribution in [1.29, 1.82) is 0 Å². The molecule has 6 rings (SSSR count). The van der Waals surface area contributed by atoms with Gasteiger partial charge in [-0.25, -0.2) is 18.4 Å². The molecule has 4 aromatic rings. The number of carbonyl (C=O) groups is 1. The summed E-state index contributed by atoms with van der Waals surface area (Å²) in [5, 5.41) is 11.2. The molecule has 0 atom stereocenters. The summed E-state index contributed by atoms with van der Waals surface area (Å²) in [6.45, 7) is 4.96. The van der Waals surface area contributed by atoms with Gasteiger partial charge in [-0.15, -0.1) is 0 Å². The number of sulfonamides is 1. The van der Waals surface area contributed by atoms with Crippen LogP contribution in [0.4, 0.5) is 11.6 Å². The highest BCUT2D eigenvalue weighted by Gasteiger charge is 2.32. The first kappa shape index (κ1) is 28.9. The molecule has 1 saturated heterocycles.